The van der Waals surface area contributed by atoms with Gasteiger partial charge in [0.1, 0.15) is 5.82 Å². The number of hydrogen-bond donors (Lipinski definition) is 1. The van der Waals surface area contributed by atoms with E-state index in [1.165, 1.54) is 19.1 Å². The number of allylic oxidation sites excluding steroid dienone is 2. The molecule has 2 atom stereocenters. The highest BCUT2D eigenvalue weighted by molar-refractivity contribution is 6.33. The molecule has 1 N–H and O–H groups in total. The predicted molar refractivity (Wildman–Crippen MR) is 82.1 cm³/mol. The fourth-order valence-electron chi connectivity index (χ4n) is 2.20. The molecule has 1 aliphatic carbocycles. The Morgan fingerprint density at radius 3 is 2.91 bits per heavy atom. The fraction of sp³-hybridized carbons (Fsp3) is 0.375. The summed E-state index contributed by atoms with van der Waals surface area (Å²) in [7, 11) is 0. The van der Waals surface area contributed by atoms with Crippen molar-refractivity contribution in [3.05, 3.63) is 41.2 Å². The minimum absolute atomic E-state index is 0.0861. The molecule has 4 nitrogen and oxygen atoms in total. The summed E-state index contributed by atoms with van der Waals surface area (Å²) >= 11 is 5.83. The molecule has 6 heteroatoms. The highest BCUT2D eigenvalue weighted by atomic mass is 35.5. The van der Waals surface area contributed by atoms with Crippen LogP contribution < -0.4 is 5.32 Å². The van der Waals surface area contributed by atoms with Crippen LogP contribution in [0.2, 0.25) is 5.02 Å². The standard InChI is InChI=1S/C16H17ClFNO3/c1-10(22-15(20)8-11-4-2-3-5-11)16(21)19-14-7-6-12(18)9-13(14)17/h2,4,6-7,9-11H,3,5,8H2,1H3,(H,19,21)/t10-,11+/m0/s1. The van der Waals surface area contributed by atoms with E-state index in [4.69, 9.17) is 16.3 Å². The molecule has 2 rings (SSSR count). The first-order valence-corrected chi connectivity index (χ1v) is 7.45. The second kappa shape index (κ2) is 7.40. The van der Waals surface area contributed by atoms with E-state index in [9.17, 15) is 14.0 Å². The van der Waals surface area contributed by atoms with Gasteiger partial charge in [-0.3, -0.25) is 9.59 Å². The van der Waals surface area contributed by atoms with E-state index in [1.54, 1.807) is 0 Å². The van der Waals surface area contributed by atoms with Gasteiger partial charge in [-0.05, 0) is 43.9 Å². The molecule has 0 unspecified atom stereocenters. The summed E-state index contributed by atoms with van der Waals surface area (Å²) in [6.07, 6.45) is 5.25. The summed E-state index contributed by atoms with van der Waals surface area (Å²) in [5.74, 6) is -1.23. The molecule has 1 aromatic rings. The van der Waals surface area contributed by atoms with Crippen molar-refractivity contribution in [2.75, 3.05) is 5.32 Å². The Hall–Kier alpha value is -1.88. The quantitative estimate of drug-likeness (QED) is 0.663. The van der Waals surface area contributed by atoms with Gasteiger partial charge >= 0.3 is 5.97 Å². The Bertz CT molecular complexity index is 603. The molecule has 0 aromatic heterocycles. The molecular weight excluding hydrogens is 309 g/mol. The summed E-state index contributed by atoms with van der Waals surface area (Å²) < 4.78 is 18.0. The molecule has 0 aliphatic heterocycles. The lowest BCUT2D eigenvalue weighted by molar-refractivity contribution is -0.153. The molecule has 1 aromatic carbocycles. The third-order valence-corrected chi connectivity index (χ3v) is 3.72. The molecular formula is C16H17ClFNO3. The van der Waals surface area contributed by atoms with Crippen molar-refractivity contribution in [3.8, 4) is 0 Å². The van der Waals surface area contributed by atoms with Gasteiger partial charge in [-0.25, -0.2) is 4.39 Å². The van der Waals surface area contributed by atoms with Crippen molar-refractivity contribution in [2.45, 2.75) is 32.3 Å². The number of nitrogens with one attached hydrogen (secondary N) is 1. The monoisotopic (exact) mass is 325 g/mol. The maximum Gasteiger partial charge on any atom is 0.307 e. The summed E-state index contributed by atoms with van der Waals surface area (Å²) in [6.45, 7) is 1.48. The van der Waals surface area contributed by atoms with Gasteiger partial charge in [0.25, 0.3) is 5.91 Å². The molecule has 0 fully saturated rings. The second-order valence-corrected chi connectivity index (χ2v) is 5.62. The molecule has 1 aliphatic rings. The van der Waals surface area contributed by atoms with Gasteiger partial charge in [0.2, 0.25) is 0 Å². The van der Waals surface area contributed by atoms with Gasteiger partial charge in [0.05, 0.1) is 17.1 Å². The first-order chi connectivity index (χ1) is 10.5. The van der Waals surface area contributed by atoms with Gasteiger partial charge in [0.15, 0.2) is 6.10 Å². The van der Waals surface area contributed by atoms with Crippen LogP contribution in [0.1, 0.15) is 26.2 Å². The number of rotatable bonds is 5. The van der Waals surface area contributed by atoms with Crippen LogP contribution in [-0.4, -0.2) is 18.0 Å². The van der Waals surface area contributed by atoms with E-state index in [0.717, 1.165) is 18.9 Å². The molecule has 1 amide bonds. The largest absolute Gasteiger partial charge is 0.453 e. The lowest BCUT2D eigenvalue weighted by Crippen LogP contribution is -2.30. The number of carbonyl (C=O) groups is 2. The van der Waals surface area contributed by atoms with Crippen LogP contribution in [0.3, 0.4) is 0 Å². The van der Waals surface area contributed by atoms with Gasteiger partial charge in [-0.2, -0.15) is 0 Å². The van der Waals surface area contributed by atoms with E-state index in [1.807, 2.05) is 12.2 Å². The Balaban J connectivity index is 1.85. The van der Waals surface area contributed by atoms with Crippen molar-refractivity contribution >= 4 is 29.2 Å². The summed E-state index contributed by atoms with van der Waals surface area (Å²) in [6, 6.07) is 3.64. The fourth-order valence-corrected chi connectivity index (χ4v) is 2.42. The SMILES string of the molecule is C[C@H](OC(=O)C[C@@H]1C=CCC1)C(=O)Nc1ccc(F)cc1Cl. The predicted octanol–water partition coefficient (Wildman–Crippen LogP) is 3.71. The second-order valence-electron chi connectivity index (χ2n) is 5.22. The van der Waals surface area contributed by atoms with E-state index in [2.05, 4.69) is 5.32 Å². The third-order valence-electron chi connectivity index (χ3n) is 3.41. The molecule has 0 radical (unpaired) electrons. The Morgan fingerprint density at radius 1 is 1.50 bits per heavy atom. The van der Waals surface area contributed by atoms with E-state index in [-0.39, 0.29) is 23.0 Å². The molecule has 0 saturated heterocycles. The Morgan fingerprint density at radius 2 is 2.27 bits per heavy atom. The normalized spacial score (nSPS) is 18.0. The van der Waals surface area contributed by atoms with Crippen LogP contribution >= 0.6 is 11.6 Å². The summed E-state index contributed by atoms with van der Waals surface area (Å²) in [5.41, 5.74) is 0.273. The van der Waals surface area contributed by atoms with Crippen LogP contribution in [0.4, 0.5) is 10.1 Å². The van der Waals surface area contributed by atoms with Gasteiger partial charge < -0.3 is 10.1 Å². The van der Waals surface area contributed by atoms with E-state index >= 15 is 0 Å². The van der Waals surface area contributed by atoms with Crippen LogP contribution in [0, 0.1) is 11.7 Å². The van der Waals surface area contributed by atoms with Crippen molar-refractivity contribution in [1.29, 1.82) is 0 Å². The molecule has 0 heterocycles. The molecule has 0 bridgehead atoms. The Labute approximate surface area is 133 Å². The van der Waals surface area contributed by atoms with Gasteiger partial charge in [-0.15, -0.1) is 0 Å². The molecule has 22 heavy (non-hydrogen) atoms. The number of ether oxygens (including phenoxy) is 1. The number of benzene rings is 1. The zero-order chi connectivity index (χ0) is 16.1. The smallest absolute Gasteiger partial charge is 0.307 e. The number of carbonyl (C=O) groups excluding carboxylic acids is 2. The first-order valence-electron chi connectivity index (χ1n) is 7.08. The minimum Gasteiger partial charge on any atom is -0.453 e. The highest BCUT2D eigenvalue weighted by Crippen LogP contribution is 2.23. The van der Waals surface area contributed by atoms with Crippen LogP contribution in [0.15, 0.2) is 30.4 Å². The first kappa shape index (κ1) is 16.5. The highest BCUT2D eigenvalue weighted by Gasteiger charge is 2.21. The summed E-state index contributed by atoms with van der Waals surface area (Å²) in [5, 5.41) is 2.59. The lowest BCUT2D eigenvalue weighted by atomic mass is 10.1. The number of amides is 1. The zero-order valence-electron chi connectivity index (χ0n) is 12.1. The van der Waals surface area contributed by atoms with Crippen molar-refractivity contribution < 1.29 is 18.7 Å². The zero-order valence-corrected chi connectivity index (χ0v) is 12.9. The molecule has 118 valence electrons. The summed E-state index contributed by atoms with van der Waals surface area (Å²) in [4.78, 5) is 23.7. The average molecular weight is 326 g/mol. The van der Waals surface area contributed by atoms with Crippen LogP contribution in [0.25, 0.3) is 0 Å². The number of esters is 1. The Kier molecular flexibility index (Phi) is 5.55. The van der Waals surface area contributed by atoms with Gasteiger partial charge in [0, 0.05) is 0 Å². The average Bonchev–Trinajstić information content (AvgIpc) is 2.94. The lowest BCUT2D eigenvalue weighted by Gasteiger charge is -2.15. The van der Waals surface area contributed by atoms with Crippen LogP contribution in [-0.2, 0) is 14.3 Å². The number of anilines is 1. The number of hydrogen-bond acceptors (Lipinski definition) is 3. The van der Waals surface area contributed by atoms with Crippen LogP contribution in [0.5, 0.6) is 0 Å². The molecule has 0 saturated carbocycles. The van der Waals surface area contributed by atoms with Crippen molar-refractivity contribution in [3.63, 3.8) is 0 Å². The van der Waals surface area contributed by atoms with E-state index in [0.29, 0.717) is 0 Å². The maximum absolute atomic E-state index is 12.9. The number of halogens is 2. The van der Waals surface area contributed by atoms with E-state index < -0.39 is 23.8 Å². The minimum atomic E-state index is -0.945. The maximum atomic E-state index is 12.9. The van der Waals surface area contributed by atoms with Crippen molar-refractivity contribution in [2.24, 2.45) is 5.92 Å². The van der Waals surface area contributed by atoms with Crippen molar-refractivity contribution in [1.82, 2.24) is 0 Å². The topological polar surface area (TPSA) is 55.4 Å². The van der Waals surface area contributed by atoms with Gasteiger partial charge in [-0.1, -0.05) is 23.8 Å². The molecule has 0 spiro atoms. The third kappa shape index (κ3) is 4.56.